The number of hydrogen-bond acceptors (Lipinski definition) is 3. The van der Waals surface area contributed by atoms with E-state index in [9.17, 15) is 0 Å². The number of hydrogen-bond donors (Lipinski definition) is 1. The van der Waals surface area contributed by atoms with Gasteiger partial charge in [0.2, 0.25) is 0 Å². The molecule has 0 fully saturated rings. The molecule has 1 aliphatic heterocycles. The molecule has 0 bridgehead atoms. The van der Waals surface area contributed by atoms with E-state index in [1.54, 1.807) is 0 Å². The van der Waals surface area contributed by atoms with E-state index in [2.05, 4.69) is 44.0 Å². The summed E-state index contributed by atoms with van der Waals surface area (Å²) in [5.41, 5.74) is 8.68. The molecule has 0 atom stereocenters. The van der Waals surface area contributed by atoms with Crippen LogP contribution in [0.2, 0.25) is 0 Å². The minimum Gasteiger partial charge on any atom is -0.493 e. The van der Waals surface area contributed by atoms with Gasteiger partial charge >= 0.3 is 0 Å². The number of nitrogens with two attached hydrogens (primary N) is 1. The lowest BCUT2D eigenvalue weighted by molar-refractivity contribution is 0.303. The van der Waals surface area contributed by atoms with Crippen molar-refractivity contribution in [3.63, 3.8) is 0 Å². The van der Waals surface area contributed by atoms with Crippen LogP contribution in [0.1, 0.15) is 37.8 Å². The van der Waals surface area contributed by atoms with Gasteiger partial charge in [-0.3, -0.25) is 0 Å². The van der Waals surface area contributed by atoms with Crippen LogP contribution in [0.4, 0.5) is 0 Å². The van der Waals surface area contributed by atoms with E-state index in [0.29, 0.717) is 0 Å². The maximum Gasteiger partial charge on any atom is 0.122 e. The molecule has 1 heterocycles. The largest absolute Gasteiger partial charge is 0.493 e. The first-order valence-electron chi connectivity index (χ1n) is 7.16. The molecule has 106 valence electrons. The van der Waals surface area contributed by atoms with Crippen molar-refractivity contribution < 1.29 is 4.74 Å². The quantitative estimate of drug-likeness (QED) is 0.856. The first-order chi connectivity index (χ1) is 8.94. The van der Waals surface area contributed by atoms with Gasteiger partial charge in [0, 0.05) is 18.5 Å². The zero-order valence-corrected chi connectivity index (χ0v) is 12.4. The van der Waals surface area contributed by atoms with Gasteiger partial charge in [-0.1, -0.05) is 12.1 Å². The Labute approximate surface area is 116 Å². The number of fused-ring (bicyclic) bond motifs is 1. The fourth-order valence-electron chi connectivity index (χ4n) is 2.53. The van der Waals surface area contributed by atoms with Crippen molar-refractivity contribution in [2.45, 2.75) is 45.2 Å². The molecule has 2 N–H and O–H groups in total. The normalized spacial score (nSPS) is 14.6. The predicted octanol–water partition coefficient (Wildman–Crippen LogP) is 2.57. The lowest BCUT2D eigenvalue weighted by Crippen LogP contribution is -2.33. The van der Waals surface area contributed by atoms with Crippen LogP contribution in [-0.4, -0.2) is 30.6 Å². The molecule has 0 saturated heterocycles. The second kappa shape index (κ2) is 5.93. The second-order valence-corrected chi connectivity index (χ2v) is 6.37. The van der Waals surface area contributed by atoms with Gasteiger partial charge in [-0.25, -0.2) is 0 Å². The third-order valence-electron chi connectivity index (χ3n) is 3.57. The average molecular weight is 262 g/mol. The van der Waals surface area contributed by atoms with Crippen LogP contribution >= 0.6 is 0 Å². The first-order valence-corrected chi connectivity index (χ1v) is 7.16. The molecule has 1 aromatic rings. The van der Waals surface area contributed by atoms with Gasteiger partial charge in [-0.15, -0.1) is 0 Å². The van der Waals surface area contributed by atoms with Gasteiger partial charge in [0.25, 0.3) is 0 Å². The standard InChI is InChI=1S/C16H26N2O/c1-16(2,17)8-4-9-18(3)12-13-5-6-15-14(11-13)7-10-19-15/h5-6,11H,4,7-10,12,17H2,1-3H3. The molecular formula is C16H26N2O. The van der Waals surface area contributed by atoms with Crippen LogP contribution in [-0.2, 0) is 13.0 Å². The molecule has 0 aromatic heterocycles. The summed E-state index contributed by atoms with van der Waals surface area (Å²) in [5.74, 6) is 1.07. The number of benzene rings is 1. The van der Waals surface area contributed by atoms with Crippen molar-refractivity contribution >= 4 is 0 Å². The van der Waals surface area contributed by atoms with E-state index >= 15 is 0 Å². The summed E-state index contributed by atoms with van der Waals surface area (Å²) < 4.78 is 5.53. The predicted molar refractivity (Wildman–Crippen MR) is 79.5 cm³/mol. The van der Waals surface area contributed by atoms with Crippen molar-refractivity contribution in [3.05, 3.63) is 29.3 Å². The third kappa shape index (κ3) is 4.51. The highest BCUT2D eigenvalue weighted by molar-refractivity contribution is 5.39. The monoisotopic (exact) mass is 262 g/mol. The van der Waals surface area contributed by atoms with E-state index in [1.807, 2.05) is 0 Å². The Morgan fingerprint density at radius 1 is 1.37 bits per heavy atom. The molecule has 0 amide bonds. The fourth-order valence-corrected chi connectivity index (χ4v) is 2.53. The molecule has 1 aliphatic rings. The molecule has 1 aromatic carbocycles. The molecule has 3 nitrogen and oxygen atoms in total. The second-order valence-electron chi connectivity index (χ2n) is 6.37. The van der Waals surface area contributed by atoms with Crippen LogP contribution in [0.15, 0.2) is 18.2 Å². The highest BCUT2D eigenvalue weighted by Crippen LogP contribution is 2.26. The van der Waals surface area contributed by atoms with E-state index < -0.39 is 0 Å². The highest BCUT2D eigenvalue weighted by atomic mass is 16.5. The molecule has 0 unspecified atom stereocenters. The number of nitrogens with zero attached hydrogens (tertiary/aromatic N) is 1. The summed E-state index contributed by atoms with van der Waals surface area (Å²) in [5, 5.41) is 0. The van der Waals surface area contributed by atoms with Crippen LogP contribution < -0.4 is 10.5 Å². The summed E-state index contributed by atoms with van der Waals surface area (Å²) in [6, 6.07) is 6.56. The maximum atomic E-state index is 6.00. The number of ether oxygens (including phenoxy) is 1. The zero-order valence-electron chi connectivity index (χ0n) is 12.4. The summed E-state index contributed by atoms with van der Waals surface area (Å²) in [6.45, 7) is 7.10. The third-order valence-corrected chi connectivity index (χ3v) is 3.57. The Hall–Kier alpha value is -1.06. The number of rotatable bonds is 6. The van der Waals surface area contributed by atoms with Crippen molar-refractivity contribution in [3.8, 4) is 5.75 Å². The van der Waals surface area contributed by atoms with Crippen molar-refractivity contribution in [2.24, 2.45) is 5.73 Å². The molecular weight excluding hydrogens is 236 g/mol. The molecule has 0 spiro atoms. The molecule has 0 saturated carbocycles. The Balaban J connectivity index is 1.80. The van der Waals surface area contributed by atoms with Crippen molar-refractivity contribution in [1.82, 2.24) is 4.90 Å². The van der Waals surface area contributed by atoms with Gasteiger partial charge < -0.3 is 15.4 Å². The lowest BCUT2D eigenvalue weighted by atomic mass is 10.00. The minimum atomic E-state index is -0.0499. The summed E-state index contributed by atoms with van der Waals surface area (Å²) in [4.78, 5) is 2.36. The van der Waals surface area contributed by atoms with Gasteiger partial charge in [0.05, 0.1) is 6.61 Å². The minimum absolute atomic E-state index is 0.0499. The zero-order chi connectivity index (χ0) is 13.9. The first kappa shape index (κ1) is 14.4. The molecule has 0 radical (unpaired) electrons. The topological polar surface area (TPSA) is 38.5 Å². The van der Waals surface area contributed by atoms with Gasteiger partial charge in [-0.05, 0) is 57.5 Å². The SMILES string of the molecule is CN(CCCC(C)(C)N)Cc1ccc2c(c1)CCO2. The molecule has 3 heteroatoms. The van der Waals surface area contributed by atoms with Gasteiger partial charge in [0.1, 0.15) is 5.75 Å². The molecule has 19 heavy (non-hydrogen) atoms. The van der Waals surface area contributed by atoms with Crippen molar-refractivity contribution in [2.75, 3.05) is 20.2 Å². The van der Waals surface area contributed by atoms with Gasteiger partial charge in [-0.2, -0.15) is 0 Å². The Kier molecular flexibility index (Phi) is 4.48. The van der Waals surface area contributed by atoms with Crippen LogP contribution in [0.25, 0.3) is 0 Å². The average Bonchev–Trinajstić information content (AvgIpc) is 2.74. The highest BCUT2D eigenvalue weighted by Gasteiger charge is 2.13. The van der Waals surface area contributed by atoms with Crippen LogP contribution in [0.5, 0.6) is 5.75 Å². The molecule has 0 aliphatic carbocycles. The summed E-state index contributed by atoms with van der Waals surface area (Å²) in [7, 11) is 2.17. The lowest BCUT2D eigenvalue weighted by Gasteiger charge is -2.21. The van der Waals surface area contributed by atoms with Crippen LogP contribution in [0, 0.1) is 0 Å². The fraction of sp³-hybridized carbons (Fsp3) is 0.625. The molecule has 2 rings (SSSR count). The van der Waals surface area contributed by atoms with Gasteiger partial charge in [0.15, 0.2) is 0 Å². The maximum absolute atomic E-state index is 6.00. The van der Waals surface area contributed by atoms with E-state index in [1.165, 1.54) is 11.1 Å². The van der Waals surface area contributed by atoms with E-state index in [-0.39, 0.29) is 5.54 Å². The smallest absolute Gasteiger partial charge is 0.122 e. The summed E-state index contributed by atoms with van der Waals surface area (Å²) in [6.07, 6.45) is 3.26. The van der Waals surface area contributed by atoms with Crippen LogP contribution in [0.3, 0.4) is 0 Å². The Bertz CT molecular complexity index is 423. The van der Waals surface area contributed by atoms with E-state index in [0.717, 1.165) is 44.7 Å². The van der Waals surface area contributed by atoms with Crippen molar-refractivity contribution in [1.29, 1.82) is 0 Å². The Morgan fingerprint density at radius 2 is 2.16 bits per heavy atom. The Morgan fingerprint density at radius 3 is 2.89 bits per heavy atom. The van der Waals surface area contributed by atoms with E-state index in [4.69, 9.17) is 10.5 Å². The summed E-state index contributed by atoms with van der Waals surface area (Å²) >= 11 is 0.